The number of hydrogen-bond donors (Lipinski definition) is 0. The Morgan fingerprint density at radius 3 is 2.48 bits per heavy atom. The first-order valence-electron chi connectivity index (χ1n) is 9.23. The lowest BCUT2D eigenvalue weighted by atomic mass is 10.2. The summed E-state index contributed by atoms with van der Waals surface area (Å²) in [5, 5.41) is 0. The van der Waals surface area contributed by atoms with Crippen molar-refractivity contribution in [2.45, 2.75) is 31.6 Å². The molecule has 8 heteroatoms. The van der Waals surface area contributed by atoms with E-state index in [9.17, 15) is 13.2 Å². The maximum atomic E-state index is 12.4. The van der Waals surface area contributed by atoms with Gasteiger partial charge in [-0.25, -0.2) is 8.42 Å². The summed E-state index contributed by atoms with van der Waals surface area (Å²) in [5.74, 6) is 0.313. The van der Waals surface area contributed by atoms with Crippen LogP contribution in [0.25, 0.3) is 10.2 Å². The van der Waals surface area contributed by atoms with E-state index in [0.29, 0.717) is 4.80 Å². The van der Waals surface area contributed by atoms with Gasteiger partial charge in [0.25, 0.3) is 0 Å². The molecule has 2 aromatic carbocycles. The molecule has 1 heterocycles. The number of ether oxygens (including phenoxy) is 1. The van der Waals surface area contributed by atoms with Gasteiger partial charge >= 0.3 is 0 Å². The molecular formula is C21H24N2O4S2. The molecule has 0 unspecified atom stereocenters. The van der Waals surface area contributed by atoms with E-state index < -0.39 is 9.84 Å². The van der Waals surface area contributed by atoms with Crippen molar-refractivity contribution >= 4 is 37.3 Å². The van der Waals surface area contributed by atoms with Crippen molar-refractivity contribution in [2.24, 2.45) is 12.0 Å². The number of amides is 1. The van der Waals surface area contributed by atoms with Gasteiger partial charge in [-0.15, -0.1) is 0 Å². The lowest BCUT2D eigenvalue weighted by Crippen LogP contribution is -2.14. The van der Waals surface area contributed by atoms with Crippen molar-refractivity contribution < 1.29 is 17.9 Å². The summed E-state index contributed by atoms with van der Waals surface area (Å²) in [6.07, 6.45) is 0.310. The fourth-order valence-corrected chi connectivity index (χ4v) is 5.49. The number of aromatic nitrogens is 1. The number of aryl methyl sites for hydroxylation is 3. The Hall–Kier alpha value is -2.45. The second-order valence-corrected chi connectivity index (χ2v) is 10.0. The summed E-state index contributed by atoms with van der Waals surface area (Å²) in [5.41, 5.74) is 2.98. The highest BCUT2D eigenvalue weighted by Gasteiger charge is 2.15. The highest BCUT2D eigenvalue weighted by Crippen LogP contribution is 2.29. The third kappa shape index (κ3) is 4.59. The monoisotopic (exact) mass is 432 g/mol. The number of nitrogens with zero attached hydrogens (tertiary/aromatic N) is 2. The second-order valence-electron chi connectivity index (χ2n) is 6.95. The summed E-state index contributed by atoms with van der Waals surface area (Å²) < 4.78 is 33.1. The minimum atomic E-state index is -3.40. The first-order chi connectivity index (χ1) is 13.7. The highest BCUT2D eigenvalue weighted by atomic mass is 32.2. The van der Waals surface area contributed by atoms with E-state index in [1.165, 1.54) is 11.3 Å². The van der Waals surface area contributed by atoms with E-state index in [4.69, 9.17) is 4.74 Å². The van der Waals surface area contributed by atoms with Crippen LogP contribution in [-0.2, 0) is 21.7 Å². The lowest BCUT2D eigenvalue weighted by Gasteiger charge is -2.05. The number of carbonyl (C=O) groups is 1. The summed E-state index contributed by atoms with van der Waals surface area (Å²) in [6, 6.07) is 10.6. The van der Waals surface area contributed by atoms with Gasteiger partial charge in [-0.1, -0.05) is 35.1 Å². The molecule has 3 aromatic rings. The molecule has 0 radical (unpaired) electrons. The minimum Gasteiger partial charge on any atom is -0.495 e. The summed E-state index contributed by atoms with van der Waals surface area (Å²) >= 11 is 1.42. The van der Waals surface area contributed by atoms with Crippen LogP contribution in [-0.4, -0.2) is 31.8 Å². The van der Waals surface area contributed by atoms with E-state index in [0.717, 1.165) is 27.1 Å². The summed E-state index contributed by atoms with van der Waals surface area (Å²) in [4.78, 5) is 17.4. The third-order valence-corrected chi connectivity index (χ3v) is 7.81. The Morgan fingerprint density at radius 2 is 1.83 bits per heavy atom. The van der Waals surface area contributed by atoms with Crippen LogP contribution in [0.4, 0.5) is 0 Å². The van der Waals surface area contributed by atoms with Crippen LogP contribution in [0.1, 0.15) is 24.0 Å². The Bertz CT molecular complexity index is 1220. The van der Waals surface area contributed by atoms with Crippen LogP contribution in [0.3, 0.4) is 0 Å². The largest absolute Gasteiger partial charge is 0.495 e. The number of fused-ring (bicyclic) bond motifs is 1. The molecule has 6 nitrogen and oxygen atoms in total. The molecule has 0 fully saturated rings. The Balaban J connectivity index is 1.75. The minimum absolute atomic E-state index is 0.0788. The highest BCUT2D eigenvalue weighted by molar-refractivity contribution is 7.91. The zero-order valence-electron chi connectivity index (χ0n) is 16.9. The number of sulfone groups is 1. The van der Waals surface area contributed by atoms with Crippen LogP contribution in [0.15, 0.2) is 46.3 Å². The molecule has 0 aliphatic heterocycles. The molecule has 0 spiro atoms. The number of thiazole rings is 1. The average Bonchev–Trinajstić information content (AvgIpc) is 3.00. The fourth-order valence-electron chi connectivity index (χ4n) is 3.06. The molecule has 3 rings (SSSR count). The van der Waals surface area contributed by atoms with Gasteiger partial charge in [0, 0.05) is 13.5 Å². The van der Waals surface area contributed by atoms with Gasteiger partial charge in [-0.3, -0.25) is 4.79 Å². The zero-order chi connectivity index (χ0) is 21.2. The SMILES string of the molecule is COc1ccc(C)c2sc(=NC(=O)CCCS(=O)(=O)c3ccc(C)cc3)n(C)c12. The van der Waals surface area contributed by atoms with Crippen LogP contribution in [0.2, 0.25) is 0 Å². The first-order valence-corrected chi connectivity index (χ1v) is 11.7. The molecular weight excluding hydrogens is 408 g/mol. The van der Waals surface area contributed by atoms with Crippen LogP contribution >= 0.6 is 11.3 Å². The lowest BCUT2D eigenvalue weighted by molar-refractivity contribution is -0.118. The molecule has 0 aliphatic carbocycles. The van der Waals surface area contributed by atoms with Gasteiger partial charge in [0.15, 0.2) is 14.6 Å². The summed E-state index contributed by atoms with van der Waals surface area (Å²) in [6.45, 7) is 3.90. The van der Waals surface area contributed by atoms with Crippen molar-refractivity contribution in [2.75, 3.05) is 12.9 Å². The molecule has 0 atom stereocenters. The fraction of sp³-hybridized carbons (Fsp3) is 0.333. The molecule has 1 aromatic heterocycles. The van der Waals surface area contributed by atoms with E-state index in [-0.39, 0.29) is 29.4 Å². The van der Waals surface area contributed by atoms with Crippen LogP contribution < -0.4 is 9.54 Å². The molecule has 0 saturated carbocycles. The molecule has 1 amide bonds. The van der Waals surface area contributed by atoms with Gasteiger partial charge in [0.1, 0.15) is 11.3 Å². The smallest absolute Gasteiger partial charge is 0.248 e. The van der Waals surface area contributed by atoms with E-state index in [1.807, 2.05) is 37.6 Å². The van der Waals surface area contributed by atoms with Crippen molar-refractivity contribution in [1.82, 2.24) is 4.57 Å². The zero-order valence-corrected chi connectivity index (χ0v) is 18.6. The quantitative estimate of drug-likeness (QED) is 0.597. The van der Waals surface area contributed by atoms with E-state index in [2.05, 4.69) is 4.99 Å². The van der Waals surface area contributed by atoms with Crippen LogP contribution in [0, 0.1) is 13.8 Å². The number of rotatable bonds is 6. The van der Waals surface area contributed by atoms with E-state index >= 15 is 0 Å². The molecule has 0 N–H and O–H groups in total. The third-order valence-electron chi connectivity index (χ3n) is 4.73. The predicted molar refractivity (Wildman–Crippen MR) is 115 cm³/mol. The standard InChI is InChI=1S/C21H24N2O4S2/c1-14-7-10-16(11-8-14)29(25,26)13-5-6-18(24)22-21-23(3)19-17(27-4)12-9-15(2)20(19)28-21/h7-12H,5-6,13H2,1-4H3. The molecule has 0 saturated heterocycles. The van der Waals surface area contributed by atoms with Gasteiger partial charge in [0.2, 0.25) is 5.91 Å². The molecule has 154 valence electrons. The molecule has 0 aliphatic rings. The van der Waals surface area contributed by atoms with Gasteiger partial charge < -0.3 is 9.30 Å². The first kappa shape index (κ1) is 21.3. The van der Waals surface area contributed by atoms with Gasteiger partial charge in [-0.2, -0.15) is 4.99 Å². The van der Waals surface area contributed by atoms with E-state index in [1.54, 1.807) is 31.4 Å². The average molecular weight is 433 g/mol. The number of methoxy groups -OCH3 is 1. The van der Waals surface area contributed by atoms with Crippen molar-refractivity contribution in [3.8, 4) is 5.75 Å². The Labute approximate surface area is 174 Å². The van der Waals surface area contributed by atoms with Crippen molar-refractivity contribution in [3.05, 3.63) is 52.3 Å². The predicted octanol–water partition coefficient (Wildman–Crippen LogP) is 3.55. The van der Waals surface area contributed by atoms with Gasteiger partial charge in [0.05, 0.1) is 22.5 Å². The number of hydrogen-bond acceptors (Lipinski definition) is 5. The normalized spacial score (nSPS) is 12.5. The van der Waals surface area contributed by atoms with Gasteiger partial charge in [-0.05, 0) is 44.0 Å². The summed E-state index contributed by atoms with van der Waals surface area (Å²) in [7, 11) is 0.0495. The number of benzene rings is 2. The van der Waals surface area contributed by atoms with Crippen LogP contribution in [0.5, 0.6) is 5.75 Å². The maximum Gasteiger partial charge on any atom is 0.248 e. The maximum absolute atomic E-state index is 12.4. The van der Waals surface area contributed by atoms with Crippen molar-refractivity contribution in [3.63, 3.8) is 0 Å². The molecule has 29 heavy (non-hydrogen) atoms. The Kier molecular flexibility index (Phi) is 6.24. The number of carbonyl (C=O) groups excluding carboxylic acids is 1. The second kappa shape index (κ2) is 8.51. The van der Waals surface area contributed by atoms with Crippen molar-refractivity contribution in [1.29, 1.82) is 0 Å². The molecule has 0 bridgehead atoms. The Morgan fingerprint density at radius 1 is 1.14 bits per heavy atom. The topological polar surface area (TPSA) is 77.7 Å².